The molecular weight excluding hydrogens is 252 g/mol. The van der Waals surface area contributed by atoms with Crippen LogP contribution in [0.25, 0.3) is 0 Å². The van der Waals surface area contributed by atoms with E-state index in [4.69, 9.17) is 0 Å². The lowest BCUT2D eigenvalue weighted by Crippen LogP contribution is -2.43. The fraction of sp³-hybridized carbons (Fsp3) is 0.0667. The highest BCUT2D eigenvalue weighted by Crippen LogP contribution is 2.37. The Morgan fingerprint density at radius 3 is 2.60 bits per heavy atom. The lowest BCUT2D eigenvalue weighted by atomic mass is 10.1. The number of fused-ring (bicyclic) bond motifs is 3. The molecule has 2 aromatic rings. The second kappa shape index (κ2) is 4.09. The Balaban J connectivity index is 1.84. The first-order chi connectivity index (χ1) is 9.84. The maximum atomic E-state index is 12.1. The Bertz CT molecular complexity index is 711. The van der Waals surface area contributed by atoms with Crippen molar-refractivity contribution in [2.45, 2.75) is 6.17 Å². The molecule has 1 amide bonds. The minimum Gasteiger partial charge on any atom is -0.317 e. The third-order valence-electron chi connectivity index (χ3n) is 3.51. The molecule has 2 aliphatic rings. The maximum Gasteiger partial charge on any atom is 0.293 e. The third-order valence-corrected chi connectivity index (χ3v) is 3.51. The zero-order chi connectivity index (χ0) is 13.5. The number of hydrogen-bond donors (Lipinski definition) is 2. The molecule has 2 aromatic carbocycles. The fourth-order valence-corrected chi connectivity index (χ4v) is 2.60. The number of amidine groups is 1. The number of rotatable bonds is 1. The van der Waals surface area contributed by atoms with Gasteiger partial charge in [-0.2, -0.15) is 5.10 Å². The zero-order valence-electron chi connectivity index (χ0n) is 10.6. The number of anilines is 2. The number of amides is 1. The van der Waals surface area contributed by atoms with Gasteiger partial charge >= 0.3 is 0 Å². The number of carbonyl (C=O) groups excluding carboxylic acids is 1. The molecule has 0 radical (unpaired) electrons. The molecule has 0 fully saturated rings. The van der Waals surface area contributed by atoms with Gasteiger partial charge in [-0.25, -0.2) is 0 Å². The summed E-state index contributed by atoms with van der Waals surface area (Å²) in [4.78, 5) is 14.0. The highest BCUT2D eigenvalue weighted by atomic mass is 16.2. The van der Waals surface area contributed by atoms with E-state index in [1.165, 1.54) is 0 Å². The average molecular weight is 264 g/mol. The quantitative estimate of drug-likeness (QED) is 0.829. The minimum absolute atomic E-state index is 0.154. The van der Waals surface area contributed by atoms with Gasteiger partial charge in [0.1, 0.15) is 6.17 Å². The van der Waals surface area contributed by atoms with Crippen LogP contribution in [0.4, 0.5) is 11.4 Å². The van der Waals surface area contributed by atoms with Crippen molar-refractivity contribution in [2.24, 2.45) is 5.10 Å². The number of carbonyl (C=O) groups is 1. The molecule has 1 atom stereocenters. The number of hydrogen-bond acceptors (Lipinski definition) is 4. The van der Waals surface area contributed by atoms with Crippen molar-refractivity contribution in [3.63, 3.8) is 0 Å². The van der Waals surface area contributed by atoms with Crippen LogP contribution in [0.15, 0.2) is 59.7 Å². The van der Waals surface area contributed by atoms with Crippen LogP contribution in [0.1, 0.15) is 11.7 Å². The van der Waals surface area contributed by atoms with E-state index in [0.717, 1.165) is 16.9 Å². The number of benzene rings is 2. The second-order valence-electron chi connectivity index (χ2n) is 4.72. The van der Waals surface area contributed by atoms with Crippen molar-refractivity contribution in [2.75, 3.05) is 10.2 Å². The molecule has 5 heteroatoms. The normalized spacial score (nSPS) is 19.6. The van der Waals surface area contributed by atoms with Crippen molar-refractivity contribution in [3.05, 3.63) is 60.2 Å². The smallest absolute Gasteiger partial charge is 0.293 e. The van der Waals surface area contributed by atoms with E-state index in [-0.39, 0.29) is 12.1 Å². The lowest BCUT2D eigenvalue weighted by Gasteiger charge is -2.32. The van der Waals surface area contributed by atoms with Gasteiger partial charge in [0.2, 0.25) is 5.84 Å². The highest BCUT2D eigenvalue weighted by Gasteiger charge is 2.38. The van der Waals surface area contributed by atoms with E-state index >= 15 is 0 Å². The van der Waals surface area contributed by atoms with Crippen LogP contribution >= 0.6 is 0 Å². The van der Waals surface area contributed by atoms with Gasteiger partial charge in [0.15, 0.2) is 0 Å². The molecule has 0 saturated heterocycles. The topological polar surface area (TPSA) is 56.7 Å². The first-order valence-electron chi connectivity index (χ1n) is 6.42. The van der Waals surface area contributed by atoms with Crippen LogP contribution in [0, 0.1) is 0 Å². The van der Waals surface area contributed by atoms with Gasteiger partial charge in [-0.1, -0.05) is 42.5 Å². The van der Waals surface area contributed by atoms with Crippen molar-refractivity contribution in [1.29, 1.82) is 0 Å². The molecule has 4 rings (SSSR count). The summed E-state index contributed by atoms with van der Waals surface area (Å²) in [6.07, 6.45) is -0.154. The summed E-state index contributed by atoms with van der Waals surface area (Å²) in [7, 11) is 0. The van der Waals surface area contributed by atoms with Gasteiger partial charge in [-0.3, -0.25) is 15.1 Å². The summed E-state index contributed by atoms with van der Waals surface area (Å²) < 4.78 is 0. The van der Waals surface area contributed by atoms with E-state index in [9.17, 15) is 4.79 Å². The molecule has 98 valence electrons. The Labute approximate surface area is 115 Å². The van der Waals surface area contributed by atoms with E-state index in [1.54, 1.807) is 0 Å². The van der Waals surface area contributed by atoms with Gasteiger partial charge < -0.3 is 5.32 Å². The van der Waals surface area contributed by atoms with E-state index in [0.29, 0.717) is 5.84 Å². The number of nitrogens with one attached hydrogen (secondary N) is 2. The summed E-state index contributed by atoms with van der Waals surface area (Å²) in [6.45, 7) is 0. The van der Waals surface area contributed by atoms with Gasteiger partial charge in [0, 0.05) is 0 Å². The van der Waals surface area contributed by atoms with Crippen molar-refractivity contribution < 1.29 is 4.79 Å². The minimum atomic E-state index is -0.186. The largest absolute Gasteiger partial charge is 0.317 e. The first-order valence-corrected chi connectivity index (χ1v) is 6.42. The van der Waals surface area contributed by atoms with Crippen LogP contribution in [-0.4, -0.2) is 11.7 Å². The van der Waals surface area contributed by atoms with Crippen molar-refractivity contribution >= 4 is 23.1 Å². The Morgan fingerprint density at radius 2 is 1.75 bits per heavy atom. The summed E-state index contributed by atoms with van der Waals surface area (Å²) in [5.74, 6) is 0.215. The first kappa shape index (κ1) is 11.0. The molecule has 0 bridgehead atoms. The van der Waals surface area contributed by atoms with Crippen LogP contribution in [0.3, 0.4) is 0 Å². The van der Waals surface area contributed by atoms with Crippen LogP contribution < -0.4 is 15.6 Å². The Morgan fingerprint density at radius 1 is 1.00 bits per heavy atom. The van der Waals surface area contributed by atoms with E-state index in [1.807, 2.05) is 59.5 Å². The molecule has 1 unspecified atom stereocenters. The fourth-order valence-electron chi connectivity index (χ4n) is 2.60. The van der Waals surface area contributed by atoms with Crippen LogP contribution in [-0.2, 0) is 4.79 Å². The van der Waals surface area contributed by atoms with Crippen molar-refractivity contribution in [3.8, 4) is 0 Å². The third kappa shape index (κ3) is 1.50. The molecule has 2 heterocycles. The van der Waals surface area contributed by atoms with Crippen molar-refractivity contribution in [1.82, 2.24) is 5.43 Å². The van der Waals surface area contributed by atoms with Gasteiger partial charge in [-0.05, 0) is 17.7 Å². The summed E-state index contributed by atoms with van der Waals surface area (Å²) in [5, 5.41) is 7.03. The van der Waals surface area contributed by atoms with Gasteiger partial charge in [0.05, 0.1) is 11.4 Å². The number of nitrogens with zero attached hydrogens (tertiary/aromatic N) is 2. The average Bonchev–Trinajstić information content (AvgIpc) is 2.94. The molecule has 5 nitrogen and oxygen atoms in total. The molecule has 0 saturated carbocycles. The van der Waals surface area contributed by atoms with Crippen LogP contribution in [0.5, 0.6) is 0 Å². The highest BCUT2D eigenvalue weighted by molar-refractivity contribution is 6.49. The molecule has 0 aliphatic carbocycles. The van der Waals surface area contributed by atoms with Gasteiger partial charge in [0.25, 0.3) is 5.91 Å². The predicted octanol–water partition coefficient (Wildman–Crippen LogP) is 2.06. The monoisotopic (exact) mass is 264 g/mol. The predicted molar refractivity (Wildman–Crippen MR) is 77.3 cm³/mol. The summed E-state index contributed by atoms with van der Waals surface area (Å²) in [6, 6.07) is 17.7. The number of para-hydroxylation sites is 2. The lowest BCUT2D eigenvalue weighted by molar-refractivity contribution is -0.110. The van der Waals surface area contributed by atoms with Crippen LogP contribution in [0.2, 0.25) is 0 Å². The molecule has 0 aromatic heterocycles. The maximum absolute atomic E-state index is 12.1. The zero-order valence-corrected chi connectivity index (χ0v) is 10.6. The standard InChI is InChI=1S/C15H12N4O/c20-15-14-18-17-13(10-6-2-1-3-7-10)19(14)12-9-5-4-8-11(12)16-15/h1-9,13,17H,(H,16,20). The summed E-state index contributed by atoms with van der Waals surface area (Å²) >= 11 is 0. The van der Waals surface area contributed by atoms with Gasteiger partial charge in [-0.15, -0.1) is 0 Å². The second-order valence-corrected chi connectivity index (χ2v) is 4.72. The molecule has 0 spiro atoms. The molecule has 2 N–H and O–H groups in total. The Hall–Kier alpha value is -2.82. The number of hydrazone groups is 1. The van der Waals surface area contributed by atoms with E-state index < -0.39 is 0 Å². The van der Waals surface area contributed by atoms with E-state index in [2.05, 4.69) is 15.8 Å². The molecule has 20 heavy (non-hydrogen) atoms. The SMILES string of the molecule is O=C1Nc2ccccc2N2C1=NNC2c1ccccc1. The Kier molecular flexibility index (Phi) is 2.26. The molecular formula is C15H12N4O. The molecule has 2 aliphatic heterocycles. The summed E-state index contributed by atoms with van der Waals surface area (Å²) in [5.41, 5.74) is 5.86.